The first-order valence-corrected chi connectivity index (χ1v) is 5.14. The lowest BCUT2D eigenvalue weighted by molar-refractivity contribution is 0.168. The first kappa shape index (κ1) is 12.1. The molecule has 1 heterocycles. The van der Waals surface area contributed by atoms with Crippen LogP contribution in [0.25, 0.3) is 0 Å². The van der Waals surface area contributed by atoms with Crippen LogP contribution in [0.3, 0.4) is 0 Å². The van der Waals surface area contributed by atoms with Gasteiger partial charge < -0.3 is 9.84 Å². The molecule has 0 spiro atoms. The molecule has 0 radical (unpaired) electrons. The minimum atomic E-state index is -0.0937. The highest BCUT2D eigenvalue weighted by Crippen LogP contribution is 2.19. The van der Waals surface area contributed by atoms with Crippen LogP contribution in [0.1, 0.15) is 38.2 Å². The summed E-state index contributed by atoms with van der Waals surface area (Å²) in [5.41, 5.74) is 1.46. The summed E-state index contributed by atoms with van der Waals surface area (Å²) in [6.07, 6.45) is 0. The number of hydrogen-bond donors (Lipinski definition) is 1. The summed E-state index contributed by atoms with van der Waals surface area (Å²) in [5.74, 6) is 0.467. The molecule has 0 aliphatic carbocycles. The molecule has 1 aromatic rings. The number of nitrogens with zero attached hydrogens (tertiary/aromatic N) is 3. The maximum Gasteiger partial charge on any atom is 0.114 e. The Hall–Kier alpha value is -0.940. The van der Waals surface area contributed by atoms with Gasteiger partial charge in [0.2, 0.25) is 0 Å². The predicted molar refractivity (Wildman–Crippen MR) is 56.2 cm³/mol. The molecule has 0 saturated carbocycles. The first-order chi connectivity index (χ1) is 7.11. The fraction of sp³-hybridized carbons (Fsp3) is 0.800. The van der Waals surface area contributed by atoms with Crippen LogP contribution >= 0.6 is 0 Å². The van der Waals surface area contributed by atoms with Gasteiger partial charge in [-0.15, -0.1) is 5.10 Å². The summed E-state index contributed by atoms with van der Waals surface area (Å²) in [7, 11) is 1.62. The van der Waals surface area contributed by atoms with Crippen LogP contribution in [0.4, 0.5) is 0 Å². The lowest BCUT2D eigenvalue weighted by Crippen LogP contribution is -2.16. The molecule has 5 heteroatoms. The van der Waals surface area contributed by atoms with Crippen LogP contribution in [-0.4, -0.2) is 27.2 Å². The zero-order valence-electron chi connectivity index (χ0n) is 9.77. The van der Waals surface area contributed by atoms with Crippen molar-refractivity contribution in [2.24, 2.45) is 5.92 Å². The van der Waals surface area contributed by atoms with Crippen molar-refractivity contribution in [2.45, 2.75) is 40.0 Å². The van der Waals surface area contributed by atoms with E-state index in [0.717, 1.165) is 5.69 Å². The van der Waals surface area contributed by atoms with Gasteiger partial charge in [-0.3, -0.25) is 0 Å². The van der Waals surface area contributed by atoms with Gasteiger partial charge in [-0.2, -0.15) is 0 Å². The lowest BCUT2D eigenvalue weighted by atomic mass is 10.1. The minimum absolute atomic E-state index is 0.0937. The molecule has 0 amide bonds. The highest BCUT2D eigenvalue weighted by molar-refractivity contribution is 5.08. The molecular weight excluding hydrogens is 194 g/mol. The monoisotopic (exact) mass is 213 g/mol. The Morgan fingerprint density at radius 3 is 2.53 bits per heavy atom. The van der Waals surface area contributed by atoms with Crippen molar-refractivity contribution in [3.63, 3.8) is 0 Å². The third kappa shape index (κ3) is 2.54. The number of aromatic nitrogens is 3. The lowest BCUT2D eigenvalue weighted by Gasteiger charge is -2.18. The largest absolute Gasteiger partial charge is 0.390 e. The van der Waals surface area contributed by atoms with Gasteiger partial charge in [0.15, 0.2) is 0 Å². The molecule has 0 aliphatic rings. The third-order valence-electron chi connectivity index (χ3n) is 2.65. The molecule has 1 atom stereocenters. The molecule has 86 valence electrons. The Kier molecular flexibility index (Phi) is 4.23. The summed E-state index contributed by atoms with van der Waals surface area (Å²) in [4.78, 5) is 0. The SMILES string of the molecule is COCc1c(CO)nnn1C(C)C(C)C. The van der Waals surface area contributed by atoms with Crippen LogP contribution in [0, 0.1) is 5.92 Å². The average molecular weight is 213 g/mol. The second-order valence-corrected chi connectivity index (χ2v) is 4.00. The van der Waals surface area contributed by atoms with Crippen molar-refractivity contribution in [2.75, 3.05) is 7.11 Å². The number of methoxy groups -OCH3 is 1. The van der Waals surface area contributed by atoms with Crippen molar-refractivity contribution in [1.29, 1.82) is 0 Å². The van der Waals surface area contributed by atoms with Crippen molar-refractivity contribution < 1.29 is 9.84 Å². The molecule has 1 aromatic heterocycles. The Morgan fingerprint density at radius 1 is 1.40 bits per heavy atom. The van der Waals surface area contributed by atoms with Crippen molar-refractivity contribution in [3.8, 4) is 0 Å². The summed E-state index contributed by atoms with van der Waals surface area (Å²) < 4.78 is 6.92. The zero-order chi connectivity index (χ0) is 11.4. The van der Waals surface area contributed by atoms with Crippen LogP contribution in [0.15, 0.2) is 0 Å². The molecule has 1 unspecified atom stereocenters. The molecule has 0 aliphatic heterocycles. The van der Waals surface area contributed by atoms with Gasteiger partial charge in [-0.1, -0.05) is 19.1 Å². The van der Waals surface area contributed by atoms with E-state index in [-0.39, 0.29) is 12.6 Å². The highest BCUT2D eigenvalue weighted by Gasteiger charge is 2.18. The van der Waals surface area contributed by atoms with E-state index in [1.807, 2.05) is 4.68 Å². The molecule has 15 heavy (non-hydrogen) atoms. The Morgan fingerprint density at radius 2 is 2.07 bits per heavy atom. The maximum atomic E-state index is 9.11. The van der Waals surface area contributed by atoms with E-state index in [1.54, 1.807) is 7.11 Å². The van der Waals surface area contributed by atoms with Gasteiger partial charge in [0.1, 0.15) is 5.69 Å². The van der Waals surface area contributed by atoms with E-state index in [1.165, 1.54) is 0 Å². The van der Waals surface area contributed by atoms with Gasteiger partial charge in [0, 0.05) is 7.11 Å². The van der Waals surface area contributed by atoms with Gasteiger partial charge in [-0.05, 0) is 12.8 Å². The number of rotatable bonds is 5. The molecule has 0 bridgehead atoms. The van der Waals surface area contributed by atoms with E-state index in [9.17, 15) is 0 Å². The minimum Gasteiger partial charge on any atom is -0.390 e. The molecule has 0 fully saturated rings. The van der Waals surface area contributed by atoms with Gasteiger partial charge in [-0.25, -0.2) is 4.68 Å². The standard InChI is InChI=1S/C10H19N3O2/c1-7(2)8(3)13-10(6-15-4)9(5-14)11-12-13/h7-8,14H,5-6H2,1-4H3. The third-order valence-corrected chi connectivity index (χ3v) is 2.65. The number of ether oxygens (including phenoxy) is 1. The Labute approximate surface area is 90.1 Å². The molecule has 1 rings (SSSR count). The fourth-order valence-corrected chi connectivity index (χ4v) is 1.36. The average Bonchev–Trinajstić information content (AvgIpc) is 2.60. The molecule has 5 nitrogen and oxygen atoms in total. The normalized spacial score (nSPS) is 13.5. The summed E-state index contributed by atoms with van der Waals surface area (Å²) in [5, 5.41) is 17.1. The van der Waals surface area contributed by atoms with E-state index in [4.69, 9.17) is 9.84 Å². The molecule has 0 aromatic carbocycles. The molecule has 0 saturated heterocycles. The van der Waals surface area contributed by atoms with E-state index in [0.29, 0.717) is 18.2 Å². The number of aliphatic hydroxyl groups is 1. The fourth-order valence-electron chi connectivity index (χ4n) is 1.36. The predicted octanol–water partition coefficient (Wildman–Crippen LogP) is 1.13. The van der Waals surface area contributed by atoms with Crippen molar-refractivity contribution in [3.05, 3.63) is 11.4 Å². The van der Waals surface area contributed by atoms with E-state index >= 15 is 0 Å². The highest BCUT2D eigenvalue weighted by atomic mass is 16.5. The van der Waals surface area contributed by atoms with Gasteiger partial charge >= 0.3 is 0 Å². The van der Waals surface area contributed by atoms with Crippen LogP contribution in [0.2, 0.25) is 0 Å². The van der Waals surface area contributed by atoms with Crippen LogP contribution < -0.4 is 0 Å². The van der Waals surface area contributed by atoms with E-state index < -0.39 is 0 Å². The summed E-state index contributed by atoms with van der Waals surface area (Å²) in [6.45, 7) is 6.67. The smallest absolute Gasteiger partial charge is 0.114 e. The first-order valence-electron chi connectivity index (χ1n) is 5.14. The van der Waals surface area contributed by atoms with Gasteiger partial charge in [0.25, 0.3) is 0 Å². The maximum absolute atomic E-state index is 9.11. The van der Waals surface area contributed by atoms with E-state index in [2.05, 4.69) is 31.1 Å². The Bertz CT molecular complexity index is 310. The number of hydrogen-bond acceptors (Lipinski definition) is 4. The second kappa shape index (κ2) is 5.23. The topological polar surface area (TPSA) is 60.2 Å². The zero-order valence-corrected chi connectivity index (χ0v) is 9.77. The summed E-state index contributed by atoms with van der Waals surface area (Å²) in [6, 6.07) is 0.253. The van der Waals surface area contributed by atoms with Crippen LogP contribution in [0.5, 0.6) is 0 Å². The molecular formula is C10H19N3O2. The quantitative estimate of drug-likeness (QED) is 0.796. The summed E-state index contributed by atoms with van der Waals surface area (Å²) >= 11 is 0. The van der Waals surface area contributed by atoms with Gasteiger partial charge in [0.05, 0.1) is 24.9 Å². The van der Waals surface area contributed by atoms with Crippen molar-refractivity contribution in [1.82, 2.24) is 15.0 Å². The van der Waals surface area contributed by atoms with Crippen LogP contribution in [-0.2, 0) is 18.0 Å². The Balaban J connectivity index is 3.01. The molecule has 1 N–H and O–H groups in total. The van der Waals surface area contributed by atoms with Crippen molar-refractivity contribution >= 4 is 0 Å². The second-order valence-electron chi connectivity index (χ2n) is 4.00. The number of aliphatic hydroxyl groups excluding tert-OH is 1.